The molecule has 0 saturated heterocycles. The highest BCUT2D eigenvalue weighted by Gasteiger charge is 2.17. The molecule has 0 spiro atoms. The number of benzene rings is 1. The largest absolute Gasteiger partial charge is 0.478 e. The number of aromatic nitrogens is 2. The first kappa shape index (κ1) is 14.8. The van der Waals surface area contributed by atoms with Crippen molar-refractivity contribution in [2.24, 2.45) is 7.05 Å². The summed E-state index contributed by atoms with van der Waals surface area (Å²) in [6.45, 7) is 3.92. The molecule has 0 aliphatic heterocycles. The maximum Gasteiger partial charge on any atom is 0.328 e. The monoisotopic (exact) mass is 285 g/mol. The Labute approximate surface area is 124 Å². The van der Waals surface area contributed by atoms with E-state index in [2.05, 4.69) is 5.10 Å². The van der Waals surface area contributed by atoms with Gasteiger partial charge in [-0.1, -0.05) is 18.2 Å². The first-order chi connectivity index (χ1) is 9.91. The van der Waals surface area contributed by atoms with Crippen LogP contribution >= 0.6 is 0 Å². The number of hydrogen-bond acceptors (Lipinski definition) is 3. The van der Waals surface area contributed by atoms with Crippen LogP contribution in [0.2, 0.25) is 0 Å². The highest BCUT2D eigenvalue weighted by molar-refractivity contribution is 5.87. The topological polar surface area (TPSA) is 58.4 Å². The van der Waals surface area contributed by atoms with Crippen LogP contribution in [0.5, 0.6) is 0 Å². The molecule has 1 N–H and O–H groups in total. The highest BCUT2D eigenvalue weighted by atomic mass is 16.4. The average molecular weight is 285 g/mol. The summed E-state index contributed by atoms with van der Waals surface area (Å²) in [6.07, 6.45) is 2.73. The van der Waals surface area contributed by atoms with Crippen molar-refractivity contribution in [1.82, 2.24) is 9.78 Å². The molecule has 21 heavy (non-hydrogen) atoms. The van der Waals surface area contributed by atoms with Gasteiger partial charge in [0.2, 0.25) is 0 Å². The molecule has 2 rings (SSSR count). The van der Waals surface area contributed by atoms with E-state index in [1.165, 1.54) is 0 Å². The van der Waals surface area contributed by atoms with Crippen molar-refractivity contribution in [3.8, 4) is 0 Å². The Hall–Kier alpha value is -2.56. The number of carboxylic acid groups (broad SMARTS) is 1. The van der Waals surface area contributed by atoms with Gasteiger partial charge in [-0.15, -0.1) is 0 Å². The molecule has 0 atom stereocenters. The number of nitrogens with zero attached hydrogens (tertiary/aromatic N) is 3. The third-order valence-electron chi connectivity index (χ3n) is 3.42. The van der Waals surface area contributed by atoms with E-state index in [1.54, 1.807) is 10.8 Å². The van der Waals surface area contributed by atoms with Gasteiger partial charge in [-0.05, 0) is 31.6 Å². The van der Waals surface area contributed by atoms with E-state index in [0.717, 1.165) is 34.4 Å². The average Bonchev–Trinajstić information content (AvgIpc) is 2.70. The molecule has 0 unspecified atom stereocenters. The fraction of sp³-hybridized carbons (Fsp3) is 0.250. The van der Waals surface area contributed by atoms with Gasteiger partial charge in [-0.3, -0.25) is 4.68 Å². The standard InChI is InChI=1S/C16H19N3O2/c1-11-7-5-6-8-14(11)18(3)16-13(9-10-15(20)21)12(2)17-19(16)4/h5-10H,1-4H3,(H,20,21). The van der Waals surface area contributed by atoms with Crippen molar-refractivity contribution in [3.05, 3.63) is 47.2 Å². The third-order valence-corrected chi connectivity index (χ3v) is 3.42. The molecule has 1 heterocycles. The zero-order chi connectivity index (χ0) is 15.6. The number of hydrogen-bond donors (Lipinski definition) is 1. The normalized spacial score (nSPS) is 11.0. The second kappa shape index (κ2) is 5.83. The smallest absolute Gasteiger partial charge is 0.328 e. The molecule has 0 saturated carbocycles. The van der Waals surface area contributed by atoms with Gasteiger partial charge >= 0.3 is 5.97 Å². The van der Waals surface area contributed by atoms with Crippen molar-refractivity contribution in [2.45, 2.75) is 13.8 Å². The van der Waals surface area contributed by atoms with Crippen LogP contribution in [-0.4, -0.2) is 27.9 Å². The first-order valence-electron chi connectivity index (χ1n) is 6.65. The maximum atomic E-state index is 10.8. The number of anilines is 2. The predicted molar refractivity (Wildman–Crippen MR) is 83.9 cm³/mol. The molecule has 0 aliphatic rings. The minimum atomic E-state index is -0.970. The van der Waals surface area contributed by atoms with Crippen molar-refractivity contribution in [3.63, 3.8) is 0 Å². The lowest BCUT2D eigenvalue weighted by molar-refractivity contribution is -0.131. The second-order valence-corrected chi connectivity index (χ2v) is 4.96. The summed E-state index contributed by atoms with van der Waals surface area (Å²) in [7, 11) is 3.81. The summed E-state index contributed by atoms with van der Waals surface area (Å²) >= 11 is 0. The van der Waals surface area contributed by atoms with Crippen LogP contribution < -0.4 is 4.90 Å². The molecule has 0 aliphatic carbocycles. The molecular formula is C16H19N3O2. The van der Waals surface area contributed by atoms with Crippen molar-refractivity contribution < 1.29 is 9.90 Å². The van der Waals surface area contributed by atoms with Gasteiger partial charge in [0, 0.05) is 31.4 Å². The lowest BCUT2D eigenvalue weighted by atomic mass is 10.1. The summed E-state index contributed by atoms with van der Waals surface area (Å²) in [5, 5.41) is 13.2. The van der Waals surface area contributed by atoms with E-state index in [4.69, 9.17) is 5.11 Å². The number of aryl methyl sites for hydroxylation is 3. The van der Waals surface area contributed by atoms with Crippen LogP contribution in [0, 0.1) is 13.8 Å². The van der Waals surface area contributed by atoms with Gasteiger partial charge in [0.05, 0.1) is 5.69 Å². The van der Waals surface area contributed by atoms with Crippen molar-refractivity contribution in [2.75, 3.05) is 11.9 Å². The molecule has 0 radical (unpaired) electrons. The molecule has 5 heteroatoms. The predicted octanol–water partition coefficient (Wildman–Crippen LogP) is 2.90. The van der Waals surface area contributed by atoms with Crippen molar-refractivity contribution >= 4 is 23.6 Å². The van der Waals surface area contributed by atoms with Crippen LogP contribution in [0.1, 0.15) is 16.8 Å². The van der Waals surface area contributed by atoms with E-state index in [-0.39, 0.29) is 0 Å². The Morgan fingerprint density at radius 3 is 2.62 bits per heavy atom. The Morgan fingerprint density at radius 2 is 2.00 bits per heavy atom. The van der Waals surface area contributed by atoms with E-state index in [0.29, 0.717) is 0 Å². The van der Waals surface area contributed by atoms with E-state index >= 15 is 0 Å². The van der Waals surface area contributed by atoms with Crippen molar-refractivity contribution in [1.29, 1.82) is 0 Å². The van der Waals surface area contributed by atoms with Gasteiger partial charge in [0.15, 0.2) is 0 Å². The van der Waals surface area contributed by atoms with Gasteiger partial charge in [-0.2, -0.15) is 5.10 Å². The lowest BCUT2D eigenvalue weighted by Crippen LogP contribution is -2.15. The molecule has 0 amide bonds. The number of carbonyl (C=O) groups is 1. The molecule has 0 bridgehead atoms. The Bertz CT molecular complexity index is 702. The molecule has 1 aromatic carbocycles. The zero-order valence-electron chi connectivity index (χ0n) is 12.7. The van der Waals surface area contributed by atoms with E-state index in [9.17, 15) is 4.79 Å². The van der Waals surface area contributed by atoms with E-state index < -0.39 is 5.97 Å². The van der Waals surface area contributed by atoms with Gasteiger partial charge < -0.3 is 10.0 Å². The molecule has 1 aromatic heterocycles. The summed E-state index contributed by atoms with van der Waals surface area (Å²) in [5.41, 5.74) is 3.81. The summed E-state index contributed by atoms with van der Waals surface area (Å²) in [5.74, 6) is -0.109. The summed E-state index contributed by atoms with van der Waals surface area (Å²) in [6, 6.07) is 8.05. The third kappa shape index (κ3) is 2.97. The number of para-hydroxylation sites is 1. The second-order valence-electron chi connectivity index (χ2n) is 4.96. The summed E-state index contributed by atoms with van der Waals surface area (Å²) < 4.78 is 1.77. The quantitative estimate of drug-likeness (QED) is 0.878. The number of aliphatic carboxylic acids is 1. The van der Waals surface area contributed by atoms with Gasteiger partial charge in [0.1, 0.15) is 5.82 Å². The Kier molecular flexibility index (Phi) is 4.12. The maximum absolute atomic E-state index is 10.8. The minimum absolute atomic E-state index is 0.797. The SMILES string of the molecule is Cc1ccccc1N(C)c1c(C=CC(=O)O)c(C)nn1C. The van der Waals surface area contributed by atoms with Crippen LogP contribution in [-0.2, 0) is 11.8 Å². The minimum Gasteiger partial charge on any atom is -0.478 e. The molecule has 2 aromatic rings. The highest BCUT2D eigenvalue weighted by Crippen LogP contribution is 2.31. The Morgan fingerprint density at radius 1 is 1.33 bits per heavy atom. The molecule has 110 valence electrons. The van der Waals surface area contributed by atoms with Crippen LogP contribution in [0.15, 0.2) is 30.3 Å². The lowest BCUT2D eigenvalue weighted by Gasteiger charge is -2.22. The fourth-order valence-corrected chi connectivity index (χ4v) is 2.46. The van der Waals surface area contributed by atoms with E-state index in [1.807, 2.05) is 57.1 Å². The summed E-state index contributed by atoms with van der Waals surface area (Å²) in [4.78, 5) is 12.8. The fourth-order valence-electron chi connectivity index (χ4n) is 2.46. The first-order valence-corrected chi connectivity index (χ1v) is 6.65. The number of carboxylic acids is 1. The van der Waals surface area contributed by atoms with Crippen LogP contribution in [0.25, 0.3) is 6.08 Å². The zero-order valence-corrected chi connectivity index (χ0v) is 12.7. The van der Waals surface area contributed by atoms with Gasteiger partial charge in [-0.25, -0.2) is 4.79 Å². The molecule has 5 nitrogen and oxygen atoms in total. The number of rotatable bonds is 4. The molecular weight excluding hydrogens is 266 g/mol. The van der Waals surface area contributed by atoms with Crippen LogP contribution in [0.3, 0.4) is 0 Å². The van der Waals surface area contributed by atoms with Gasteiger partial charge in [0.25, 0.3) is 0 Å². The molecule has 0 fully saturated rings. The Balaban J connectivity index is 2.53. The van der Waals surface area contributed by atoms with Crippen LogP contribution in [0.4, 0.5) is 11.5 Å².